The molecule has 4 heterocycles. The normalized spacial score (nSPS) is 20.1. The van der Waals surface area contributed by atoms with Crippen molar-refractivity contribution in [1.82, 2.24) is 24.1 Å². The van der Waals surface area contributed by atoms with Gasteiger partial charge in [-0.25, -0.2) is 9.97 Å². The number of carbonyl (C=O) groups is 1. The summed E-state index contributed by atoms with van der Waals surface area (Å²) in [6, 6.07) is 10.2. The first-order valence-corrected chi connectivity index (χ1v) is 11.7. The summed E-state index contributed by atoms with van der Waals surface area (Å²) in [5.41, 5.74) is 5.97. The number of rotatable bonds is 6. The van der Waals surface area contributed by atoms with E-state index in [4.69, 9.17) is 4.99 Å². The molecule has 1 fully saturated rings. The van der Waals surface area contributed by atoms with E-state index in [1.165, 1.54) is 18.4 Å². The van der Waals surface area contributed by atoms with Gasteiger partial charge in [-0.3, -0.25) is 14.5 Å². The number of pyridine rings is 1. The molecule has 2 atom stereocenters. The number of carbonyl (C=O) groups excluding carboxylic acids is 1. The lowest BCUT2D eigenvalue weighted by Gasteiger charge is -2.28. The molecule has 0 bridgehead atoms. The number of fused-ring (bicyclic) bond motifs is 2. The third-order valence-electron chi connectivity index (χ3n) is 7.03. The van der Waals surface area contributed by atoms with Crippen molar-refractivity contribution < 1.29 is 4.79 Å². The molecule has 4 aromatic rings. The number of benzene rings is 1. The summed E-state index contributed by atoms with van der Waals surface area (Å²) in [4.78, 5) is 26.4. The Kier molecular flexibility index (Phi) is 5.09. The second-order valence-corrected chi connectivity index (χ2v) is 9.29. The maximum atomic E-state index is 13.2. The number of Topliss-reactive ketones (excluding diaryl/α,β-unsaturated/α-hetero) is 1. The van der Waals surface area contributed by atoms with Crippen LogP contribution >= 0.6 is 0 Å². The highest BCUT2D eigenvalue weighted by atomic mass is 16.1. The van der Waals surface area contributed by atoms with E-state index in [-0.39, 0.29) is 5.78 Å². The predicted molar refractivity (Wildman–Crippen MR) is 125 cm³/mol. The van der Waals surface area contributed by atoms with Gasteiger partial charge in [-0.2, -0.15) is 5.10 Å². The van der Waals surface area contributed by atoms with Gasteiger partial charge in [0.15, 0.2) is 5.78 Å². The largest absolute Gasteiger partial charge is 0.306 e. The molecule has 6 rings (SSSR count). The summed E-state index contributed by atoms with van der Waals surface area (Å²) in [7, 11) is 0. The van der Waals surface area contributed by atoms with Crippen LogP contribution in [0.25, 0.3) is 5.65 Å². The van der Waals surface area contributed by atoms with Crippen LogP contribution in [-0.4, -0.2) is 35.6 Å². The predicted octanol–water partition coefficient (Wildman–Crippen LogP) is 4.36. The summed E-state index contributed by atoms with van der Waals surface area (Å²) in [6.07, 6.45) is 14.3. The maximum Gasteiger partial charge on any atom is 0.163 e. The summed E-state index contributed by atoms with van der Waals surface area (Å²) in [5, 5.41) is 4.25. The van der Waals surface area contributed by atoms with Crippen molar-refractivity contribution in [1.29, 1.82) is 0 Å². The molecule has 1 saturated carbocycles. The SMILES string of the molecule is O=C(CC1CCCC(Cn2cncn2)C1)c1ccc2c(c1)C(c1ccc3nccn3c1)=NC2. The van der Waals surface area contributed by atoms with Crippen LogP contribution in [0.2, 0.25) is 0 Å². The van der Waals surface area contributed by atoms with Gasteiger partial charge in [-0.15, -0.1) is 0 Å². The number of hydrogen-bond acceptors (Lipinski definition) is 5. The van der Waals surface area contributed by atoms with Gasteiger partial charge in [-0.05, 0) is 54.9 Å². The van der Waals surface area contributed by atoms with E-state index >= 15 is 0 Å². The monoisotopic (exact) mass is 438 g/mol. The highest BCUT2D eigenvalue weighted by molar-refractivity contribution is 6.16. The minimum atomic E-state index is 0.237. The molecule has 1 aliphatic heterocycles. The zero-order valence-corrected chi connectivity index (χ0v) is 18.5. The van der Waals surface area contributed by atoms with Gasteiger partial charge in [0.05, 0.1) is 12.3 Å². The molecular weight excluding hydrogens is 412 g/mol. The zero-order chi connectivity index (χ0) is 22.2. The van der Waals surface area contributed by atoms with Crippen LogP contribution in [0.3, 0.4) is 0 Å². The Morgan fingerprint density at radius 3 is 2.97 bits per heavy atom. The van der Waals surface area contributed by atoms with E-state index in [0.717, 1.165) is 47.4 Å². The van der Waals surface area contributed by atoms with E-state index in [1.807, 2.05) is 27.4 Å². The van der Waals surface area contributed by atoms with Gasteiger partial charge in [0.2, 0.25) is 0 Å². The fraction of sp³-hybridized carbons (Fsp3) is 0.346. The molecule has 2 aliphatic rings. The van der Waals surface area contributed by atoms with E-state index in [2.05, 4.69) is 39.5 Å². The van der Waals surface area contributed by atoms with Crippen molar-refractivity contribution in [3.63, 3.8) is 0 Å². The molecule has 33 heavy (non-hydrogen) atoms. The smallest absolute Gasteiger partial charge is 0.163 e. The lowest BCUT2D eigenvalue weighted by Crippen LogP contribution is -2.22. The van der Waals surface area contributed by atoms with Gasteiger partial charge in [0.25, 0.3) is 0 Å². The summed E-state index contributed by atoms with van der Waals surface area (Å²) in [6.45, 7) is 1.55. The molecule has 1 aromatic carbocycles. The first-order valence-electron chi connectivity index (χ1n) is 11.7. The van der Waals surface area contributed by atoms with Gasteiger partial charge in [0.1, 0.15) is 18.3 Å². The van der Waals surface area contributed by atoms with Crippen molar-refractivity contribution >= 4 is 17.1 Å². The van der Waals surface area contributed by atoms with E-state index in [0.29, 0.717) is 24.8 Å². The van der Waals surface area contributed by atoms with Crippen LogP contribution in [0.5, 0.6) is 0 Å². The van der Waals surface area contributed by atoms with Crippen LogP contribution < -0.4 is 0 Å². The van der Waals surface area contributed by atoms with Crippen molar-refractivity contribution in [2.45, 2.75) is 45.2 Å². The second-order valence-electron chi connectivity index (χ2n) is 9.29. The third-order valence-corrected chi connectivity index (χ3v) is 7.03. The first kappa shape index (κ1) is 20.0. The summed E-state index contributed by atoms with van der Waals surface area (Å²) >= 11 is 0. The van der Waals surface area contributed by atoms with Crippen LogP contribution in [0.15, 0.2) is 66.6 Å². The van der Waals surface area contributed by atoms with Crippen LogP contribution in [0, 0.1) is 11.8 Å². The molecule has 0 radical (unpaired) electrons. The molecule has 0 amide bonds. The Balaban J connectivity index is 1.18. The highest BCUT2D eigenvalue weighted by Gasteiger charge is 2.26. The molecule has 1 aliphatic carbocycles. The Bertz CT molecular complexity index is 1340. The van der Waals surface area contributed by atoms with Gasteiger partial charge >= 0.3 is 0 Å². The molecule has 2 unspecified atom stereocenters. The van der Waals surface area contributed by atoms with E-state index < -0.39 is 0 Å². The Labute approximate surface area is 192 Å². The number of nitrogens with zero attached hydrogens (tertiary/aromatic N) is 6. The van der Waals surface area contributed by atoms with Crippen molar-refractivity contribution in [2.24, 2.45) is 16.8 Å². The molecular formula is C26H26N6O. The fourth-order valence-corrected chi connectivity index (χ4v) is 5.39. The third kappa shape index (κ3) is 3.99. The minimum absolute atomic E-state index is 0.237. The maximum absolute atomic E-state index is 13.2. The topological polar surface area (TPSA) is 77.4 Å². The first-order chi connectivity index (χ1) is 16.2. The average molecular weight is 439 g/mol. The Morgan fingerprint density at radius 2 is 2.06 bits per heavy atom. The average Bonchev–Trinajstić information content (AvgIpc) is 3.59. The number of aromatic nitrogens is 5. The quantitative estimate of drug-likeness (QED) is 0.419. The molecule has 3 aromatic heterocycles. The molecule has 0 saturated heterocycles. The molecule has 0 spiro atoms. The number of aliphatic imine (C=N–C) groups is 1. The number of imidazole rings is 1. The van der Waals surface area contributed by atoms with Crippen molar-refractivity contribution in [2.75, 3.05) is 0 Å². The lowest BCUT2D eigenvalue weighted by molar-refractivity contribution is 0.0936. The highest BCUT2D eigenvalue weighted by Crippen LogP contribution is 2.33. The van der Waals surface area contributed by atoms with Crippen molar-refractivity contribution in [3.8, 4) is 0 Å². The zero-order valence-electron chi connectivity index (χ0n) is 18.5. The molecule has 7 heteroatoms. The minimum Gasteiger partial charge on any atom is -0.306 e. The van der Waals surface area contributed by atoms with E-state index in [1.54, 1.807) is 18.9 Å². The summed E-state index contributed by atoms with van der Waals surface area (Å²) in [5.74, 6) is 1.24. The summed E-state index contributed by atoms with van der Waals surface area (Å²) < 4.78 is 3.92. The van der Waals surface area contributed by atoms with Gasteiger partial charge < -0.3 is 4.40 Å². The van der Waals surface area contributed by atoms with Crippen LogP contribution in [-0.2, 0) is 13.1 Å². The van der Waals surface area contributed by atoms with Crippen LogP contribution in [0.4, 0.5) is 0 Å². The molecule has 7 nitrogen and oxygen atoms in total. The van der Waals surface area contributed by atoms with Gasteiger partial charge in [0, 0.05) is 48.2 Å². The molecule has 166 valence electrons. The Morgan fingerprint density at radius 1 is 1.12 bits per heavy atom. The van der Waals surface area contributed by atoms with Crippen molar-refractivity contribution in [3.05, 3.63) is 83.8 Å². The second kappa shape index (κ2) is 8.39. The standard InChI is InChI=1S/C26H26N6O/c33-24(11-18-2-1-3-19(10-18)14-32-17-27-16-30-32)20-4-5-21-13-29-26(23(21)12-20)22-6-7-25-28-8-9-31(25)15-22/h4-9,12,15-19H,1-3,10-11,13-14H2. The lowest BCUT2D eigenvalue weighted by atomic mass is 9.78. The number of ketones is 1. The van der Waals surface area contributed by atoms with Crippen LogP contribution in [0.1, 0.15) is 59.2 Å². The fourth-order valence-electron chi connectivity index (χ4n) is 5.39. The van der Waals surface area contributed by atoms with E-state index in [9.17, 15) is 4.79 Å². The Hall–Kier alpha value is -3.61. The number of hydrogen-bond donors (Lipinski definition) is 0. The van der Waals surface area contributed by atoms with Gasteiger partial charge in [-0.1, -0.05) is 18.6 Å². The molecule has 0 N–H and O–H groups in total.